The van der Waals surface area contributed by atoms with E-state index in [9.17, 15) is 13.2 Å². The van der Waals surface area contributed by atoms with Crippen LogP contribution in [0.5, 0.6) is 5.75 Å². The van der Waals surface area contributed by atoms with E-state index in [0.29, 0.717) is 48.0 Å². The summed E-state index contributed by atoms with van der Waals surface area (Å²) >= 11 is 1.70. The molecule has 0 saturated carbocycles. The number of pyridine rings is 2. The number of nitrogens with two attached hydrogens (primary N) is 1. The van der Waals surface area contributed by atoms with E-state index in [2.05, 4.69) is 10.2 Å². The SMILES string of the molecule is CSCCOc1ccc2ccc(-c3nnc4ccc([C@@H](N5CCC(N)C5)C(F)(F)F)cn34)nc2c1.Cl. The molecular weight excluding hydrogens is 513 g/mol. The van der Waals surface area contributed by atoms with E-state index in [1.54, 1.807) is 28.3 Å². The molecule has 2 atom stereocenters. The first-order valence-electron chi connectivity index (χ1n) is 11.3. The number of hydrogen-bond donors (Lipinski definition) is 1. The number of nitrogens with zero attached hydrogens (tertiary/aromatic N) is 5. The third-order valence-electron chi connectivity index (χ3n) is 6.12. The zero-order valence-corrected chi connectivity index (χ0v) is 21.1. The van der Waals surface area contributed by atoms with Crippen LogP contribution in [-0.2, 0) is 0 Å². The molecule has 192 valence electrons. The maximum absolute atomic E-state index is 14.1. The van der Waals surface area contributed by atoms with Crippen LogP contribution in [0, 0.1) is 0 Å². The fourth-order valence-corrected chi connectivity index (χ4v) is 4.70. The molecule has 3 aromatic heterocycles. The molecule has 4 aromatic rings. The maximum atomic E-state index is 14.1. The fraction of sp³-hybridized carbons (Fsp3) is 0.375. The minimum absolute atomic E-state index is 0. The summed E-state index contributed by atoms with van der Waals surface area (Å²) in [5.74, 6) is 1.96. The number of thioether (sulfide) groups is 1. The van der Waals surface area contributed by atoms with Crippen molar-refractivity contribution in [3.63, 3.8) is 0 Å². The molecule has 0 amide bonds. The molecule has 0 radical (unpaired) electrons. The predicted molar refractivity (Wildman–Crippen MR) is 138 cm³/mol. The van der Waals surface area contributed by atoms with Crippen LogP contribution < -0.4 is 10.5 Å². The van der Waals surface area contributed by atoms with Gasteiger partial charge in [-0.1, -0.05) is 12.1 Å². The van der Waals surface area contributed by atoms with Crippen LogP contribution in [0.25, 0.3) is 28.1 Å². The molecule has 0 spiro atoms. The molecule has 1 aliphatic rings. The molecule has 0 aliphatic carbocycles. The lowest BCUT2D eigenvalue weighted by Gasteiger charge is -2.30. The van der Waals surface area contributed by atoms with E-state index in [0.717, 1.165) is 11.1 Å². The summed E-state index contributed by atoms with van der Waals surface area (Å²) in [5, 5.41) is 9.29. The van der Waals surface area contributed by atoms with Crippen molar-refractivity contribution < 1.29 is 17.9 Å². The summed E-state index contributed by atoms with van der Waals surface area (Å²) in [5.41, 5.74) is 7.67. The van der Waals surface area contributed by atoms with Crippen molar-refractivity contribution in [1.29, 1.82) is 0 Å². The standard InChI is InChI=1S/C24H25F3N6OS.ClH/c1-35-11-10-34-18-5-2-15-3-6-19(29-20(15)12-18)23-31-30-21-7-4-16(13-33(21)23)22(24(25,26)27)32-9-8-17(28)14-32;/h2-7,12-13,17,22H,8-11,14,28H2,1H3;1H/t17?,22-;/m1./s1. The van der Waals surface area contributed by atoms with Crippen molar-refractivity contribution in [1.82, 2.24) is 24.5 Å². The van der Waals surface area contributed by atoms with Gasteiger partial charge in [0, 0.05) is 42.5 Å². The van der Waals surface area contributed by atoms with Crippen LogP contribution in [0.15, 0.2) is 48.7 Å². The van der Waals surface area contributed by atoms with E-state index in [-0.39, 0.29) is 30.6 Å². The topological polar surface area (TPSA) is 81.6 Å². The molecule has 12 heteroatoms. The van der Waals surface area contributed by atoms with Crippen LogP contribution in [0.1, 0.15) is 18.0 Å². The van der Waals surface area contributed by atoms with E-state index in [1.807, 2.05) is 30.5 Å². The van der Waals surface area contributed by atoms with Gasteiger partial charge in [0.2, 0.25) is 0 Å². The summed E-state index contributed by atoms with van der Waals surface area (Å²) in [6.45, 7) is 1.09. The van der Waals surface area contributed by atoms with Gasteiger partial charge in [0.05, 0.1) is 12.1 Å². The third kappa shape index (κ3) is 5.39. The Morgan fingerprint density at radius 2 is 1.97 bits per heavy atom. The molecule has 2 N–H and O–H groups in total. The van der Waals surface area contributed by atoms with Gasteiger partial charge in [0.1, 0.15) is 17.5 Å². The zero-order valence-electron chi connectivity index (χ0n) is 19.5. The lowest BCUT2D eigenvalue weighted by atomic mass is 10.1. The minimum atomic E-state index is -4.44. The molecule has 1 aromatic carbocycles. The van der Waals surface area contributed by atoms with Gasteiger partial charge < -0.3 is 10.5 Å². The molecule has 0 bridgehead atoms. The average molecular weight is 539 g/mol. The quantitative estimate of drug-likeness (QED) is 0.340. The van der Waals surface area contributed by atoms with Gasteiger partial charge >= 0.3 is 6.18 Å². The number of fused-ring (bicyclic) bond motifs is 2. The van der Waals surface area contributed by atoms with Gasteiger partial charge in [0.15, 0.2) is 11.5 Å². The van der Waals surface area contributed by atoms with Gasteiger partial charge in [-0.25, -0.2) is 4.98 Å². The molecule has 1 aliphatic heterocycles. The van der Waals surface area contributed by atoms with E-state index < -0.39 is 12.2 Å². The van der Waals surface area contributed by atoms with E-state index in [1.165, 1.54) is 17.2 Å². The first kappa shape index (κ1) is 26.5. The Morgan fingerprint density at radius 1 is 1.17 bits per heavy atom. The smallest absolute Gasteiger partial charge is 0.408 e. The largest absolute Gasteiger partial charge is 0.493 e. The van der Waals surface area contributed by atoms with Crippen molar-refractivity contribution in [2.45, 2.75) is 24.7 Å². The fourth-order valence-electron chi connectivity index (χ4n) is 4.45. The molecule has 5 rings (SSSR count). The Balaban J connectivity index is 0.00000304. The summed E-state index contributed by atoms with van der Waals surface area (Å²) in [6, 6.07) is 10.4. The van der Waals surface area contributed by atoms with E-state index >= 15 is 0 Å². The van der Waals surface area contributed by atoms with Crippen molar-refractivity contribution >= 4 is 40.7 Å². The number of benzene rings is 1. The Labute approximate surface area is 216 Å². The van der Waals surface area contributed by atoms with Crippen LogP contribution >= 0.6 is 24.2 Å². The molecule has 1 fully saturated rings. The highest BCUT2D eigenvalue weighted by molar-refractivity contribution is 7.98. The molecule has 1 unspecified atom stereocenters. The number of alkyl halides is 3. The van der Waals surface area contributed by atoms with Crippen molar-refractivity contribution in [2.24, 2.45) is 5.73 Å². The number of rotatable bonds is 7. The summed E-state index contributed by atoms with van der Waals surface area (Å²) in [4.78, 5) is 6.10. The number of ether oxygens (including phenoxy) is 1. The highest BCUT2D eigenvalue weighted by Crippen LogP contribution is 2.39. The zero-order chi connectivity index (χ0) is 24.6. The Bertz CT molecular complexity index is 1350. The number of halogens is 4. The van der Waals surface area contributed by atoms with Crippen molar-refractivity contribution in [3.8, 4) is 17.3 Å². The molecule has 1 saturated heterocycles. The molecule has 36 heavy (non-hydrogen) atoms. The van der Waals surface area contributed by atoms with Gasteiger partial charge in [-0.15, -0.1) is 22.6 Å². The molecular formula is C24H26ClF3N6OS. The third-order valence-corrected chi connectivity index (χ3v) is 6.70. The van der Waals surface area contributed by atoms with Gasteiger partial charge in [-0.3, -0.25) is 9.30 Å². The van der Waals surface area contributed by atoms with Crippen LogP contribution in [0.3, 0.4) is 0 Å². The number of likely N-dealkylation sites (tertiary alicyclic amines) is 1. The second-order valence-electron chi connectivity index (χ2n) is 8.59. The second kappa shape index (κ2) is 10.8. The van der Waals surface area contributed by atoms with Crippen molar-refractivity contribution in [3.05, 3.63) is 54.2 Å². The van der Waals surface area contributed by atoms with E-state index in [4.69, 9.17) is 15.5 Å². The first-order chi connectivity index (χ1) is 16.8. The lowest BCUT2D eigenvalue weighted by Crippen LogP contribution is -2.38. The normalized spacial score (nSPS) is 17.4. The van der Waals surface area contributed by atoms with Crippen LogP contribution in [-0.4, -0.2) is 68.4 Å². The predicted octanol–water partition coefficient (Wildman–Crippen LogP) is 4.74. The van der Waals surface area contributed by atoms with Gasteiger partial charge in [-0.05, 0) is 42.5 Å². The number of aromatic nitrogens is 4. The Kier molecular flexibility index (Phi) is 7.93. The highest BCUT2D eigenvalue weighted by atomic mass is 35.5. The second-order valence-corrected chi connectivity index (χ2v) is 9.58. The summed E-state index contributed by atoms with van der Waals surface area (Å²) < 4.78 is 49.7. The van der Waals surface area contributed by atoms with Crippen molar-refractivity contribution in [2.75, 3.05) is 31.7 Å². The molecule has 7 nitrogen and oxygen atoms in total. The van der Waals surface area contributed by atoms with Gasteiger partial charge in [0.25, 0.3) is 0 Å². The van der Waals surface area contributed by atoms with Gasteiger partial charge in [-0.2, -0.15) is 24.9 Å². The minimum Gasteiger partial charge on any atom is -0.493 e. The Hall–Kier alpha value is -2.60. The number of hydrogen-bond acceptors (Lipinski definition) is 7. The monoisotopic (exact) mass is 538 g/mol. The van der Waals surface area contributed by atoms with Crippen LogP contribution in [0.2, 0.25) is 0 Å². The average Bonchev–Trinajstić information content (AvgIpc) is 3.44. The summed E-state index contributed by atoms with van der Waals surface area (Å²) in [6.07, 6.45) is -0.431. The summed E-state index contributed by atoms with van der Waals surface area (Å²) in [7, 11) is 0. The first-order valence-corrected chi connectivity index (χ1v) is 12.7. The molecule has 4 heterocycles. The van der Waals surface area contributed by atoms with Crippen LogP contribution in [0.4, 0.5) is 13.2 Å². The lowest BCUT2D eigenvalue weighted by molar-refractivity contribution is -0.183. The Morgan fingerprint density at radius 3 is 2.69 bits per heavy atom. The maximum Gasteiger partial charge on any atom is 0.408 e. The highest BCUT2D eigenvalue weighted by Gasteiger charge is 2.46.